The van der Waals surface area contributed by atoms with Crippen LogP contribution in [0.15, 0.2) is 75.1 Å². The number of ether oxygens (including phenoxy) is 1. The fraction of sp³-hybridized carbons (Fsp3) is 0.0526. The zero-order valence-electron chi connectivity index (χ0n) is 15.0. The number of nitrogens with one attached hydrogen (secondary N) is 1. The van der Waals surface area contributed by atoms with Gasteiger partial charge in [0.2, 0.25) is 0 Å². The lowest BCUT2D eigenvalue weighted by atomic mass is 10.2. The summed E-state index contributed by atoms with van der Waals surface area (Å²) in [5.41, 5.74) is 0.180. The number of pyridine rings is 1. The van der Waals surface area contributed by atoms with Crippen molar-refractivity contribution in [1.82, 2.24) is 9.72 Å². The van der Waals surface area contributed by atoms with Crippen molar-refractivity contribution >= 4 is 26.7 Å². The molecule has 4 aromatic rings. The van der Waals surface area contributed by atoms with Crippen molar-refractivity contribution in [1.29, 1.82) is 0 Å². The van der Waals surface area contributed by atoms with E-state index >= 15 is 0 Å². The zero-order valence-corrected chi connectivity index (χ0v) is 15.8. The number of benzene rings is 2. The molecule has 0 spiro atoms. The first kappa shape index (κ1) is 18.7. The van der Waals surface area contributed by atoms with Crippen LogP contribution in [0.3, 0.4) is 0 Å². The summed E-state index contributed by atoms with van der Waals surface area (Å²) in [6, 6.07) is 12.2. The zero-order chi connectivity index (χ0) is 20.6. The van der Waals surface area contributed by atoms with E-state index in [1.165, 1.54) is 72.5 Å². The van der Waals surface area contributed by atoms with Gasteiger partial charge in [0.25, 0.3) is 15.6 Å². The Morgan fingerprint density at radius 1 is 1.10 bits per heavy atom. The molecule has 148 valence electrons. The molecule has 8 nitrogen and oxygen atoms in total. The van der Waals surface area contributed by atoms with Gasteiger partial charge in [0.15, 0.2) is 5.82 Å². The molecule has 0 atom stereocenters. The largest absolute Gasteiger partial charge is 0.495 e. The number of methoxy groups -OCH3 is 1. The summed E-state index contributed by atoms with van der Waals surface area (Å²) < 4.78 is 52.4. The second-order valence-corrected chi connectivity index (χ2v) is 7.72. The number of aromatic nitrogens is 2. The second kappa shape index (κ2) is 7.06. The Morgan fingerprint density at radius 3 is 2.66 bits per heavy atom. The molecule has 0 saturated carbocycles. The van der Waals surface area contributed by atoms with E-state index in [9.17, 15) is 17.6 Å². The van der Waals surface area contributed by atoms with Gasteiger partial charge in [-0.25, -0.2) is 12.8 Å². The van der Waals surface area contributed by atoms with Gasteiger partial charge < -0.3 is 9.26 Å². The smallest absolute Gasteiger partial charge is 0.263 e. The average molecular weight is 415 g/mol. The van der Waals surface area contributed by atoms with Gasteiger partial charge in [-0.15, -0.1) is 0 Å². The lowest BCUT2D eigenvalue weighted by Gasteiger charge is -2.14. The first-order valence-corrected chi connectivity index (χ1v) is 9.80. The summed E-state index contributed by atoms with van der Waals surface area (Å²) in [5.74, 6) is -0.203. The Bertz CT molecular complexity index is 1360. The van der Waals surface area contributed by atoms with Gasteiger partial charge in [0.1, 0.15) is 17.8 Å². The number of rotatable bonds is 5. The molecule has 0 unspecified atom stereocenters. The molecule has 10 heteroatoms. The molecule has 29 heavy (non-hydrogen) atoms. The fourth-order valence-electron chi connectivity index (χ4n) is 2.94. The summed E-state index contributed by atoms with van der Waals surface area (Å²) in [7, 11) is -2.52. The van der Waals surface area contributed by atoms with Crippen LogP contribution in [-0.2, 0) is 10.0 Å². The van der Waals surface area contributed by atoms with Crippen molar-refractivity contribution in [3.05, 3.63) is 77.0 Å². The quantitative estimate of drug-likeness (QED) is 0.538. The summed E-state index contributed by atoms with van der Waals surface area (Å²) in [6.07, 6.45) is 1.24. The molecule has 0 radical (unpaired) electrons. The maximum absolute atomic E-state index is 13.8. The van der Waals surface area contributed by atoms with Crippen LogP contribution in [0.25, 0.3) is 16.6 Å². The maximum Gasteiger partial charge on any atom is 0.263 e. The standard InChI is InChI=1S/C19H14FN3O5S/c1-27-17-6-3-13(20)11-16(17)23-15-5-4-14(10-12(15)2-7-19(23)24)29(25,26)22-18-8-9-28-21-18/h2-11H,1H3,(H,21,22). The number of hydrogen-bond donors (Lipinski definition) is 1. The van der Waals surface area contributed by atoms with E-state index in [1.54, 1.807) is 0 Å². The number of halogens is 1. The van der Waals surface area contributed by atoms with Crippen LogP contribution >= 0.6 is 0 Å². The molecule has 1 N–H and O–H groups in total. The van der Waals surface area contributed by atoms with E-state index in [1.807, 2.05) is 0 Å². The van der Waals surface area contributed by atoms with Crippen molar-refractivity contribution in [2.24, 2.45) is 0 Å². The molecular weight excluding hydrogens is 401 g/mol. The van der Waals surface area contributed by atoms with E-state index in [2.05, 4.69) is 14.4 Å². The van der Waals surface area contributed by atoms with Gasteiger partial charge in [0, 0.05) is 23.6 Å². The summed E-state index contributed by atoms with van der Waals surface area (Å²) in [6.45, 7) is 0. The van der Waals surface area contributed by atoms with Crippen molar-refractivity contribution in [3.8, 4) is 11.4 Å². The molecule has 0 saturated heterocycles. The Morgan fingerprint density at radius 2 is 1.93 bits per heavy atom. The molecule has 0 aliphatic heterocycles. The van der Waals surface area contributed by atoms with Crippen LogP contribution in [0.2, 0.25) is 0 Å². The highest BCUT2D eigenvalue weighted by Gasteiger charge is 2.18. The van der Waals surface area contributed by atoms with Gasteiger partial charge in [-0.05, 0) is 36.4 Å². The minimum Gasteiger partial charge on any atom is -0.495 e. The molecule has 0 aliphatic carbocycles. The Hall–Kier alpha value is -3.66. The highest BCUT2D eigenvalue weighted by molar-refractivity contribution is 7.92. The summed E-state index contributed by atoms with van der Waals surface area (Å²) in [5, 5.41) is 3.98. The molecule has 2 heterocycles. The van der Waals surface area contributed by atoms with Crippen molar-refractivity contribution in [2.45, 2.75) is 4.90 Å². The fourth-order valence-corrected chi connectivity index (χ4v) is 3.97. The molecule has 4 rings (SSSR count). The lowest BCUT2D eigenvalue weighted by Crippen LogP contribution is -2.19. The van der Waals surface area contributed by atoms with Crippen LogP contribution in [0, 0.1) is 5.82 Å². The molecule has 0 fully saturated rings. The summed E-state index contributed by atoms with van der Waals surface area (Å²) >= 11 is 0. The van der Waals surface area contributed by atoms with E-state index in [-0.39, 0.29) is 16.4 Å². The second-order valence-electron chi connectivity index (χ2n) is 6.03. The van der Waals surface area contributed by atoms with E-state index in [0.717, 1.165) is 0 Å². The number of hydrogen-bond acceptors (Lipinski definition) is 6. The highest BCUT2D eigenvalue weighted by atomic mass is 32.2. The van der Waals surface area contributed by atoms with Crippen molar-refractivity contribution in [3.63, 3.8) is 0 Å². The van der Waals surface area contributed by atoms with Crippen LogP contribution in [0.1, 0.15) is 0 Å². The van der Waals surface area contributed by atoms with Crippen molar-refractivity contribution in [2.75, 3.05) is 11.8 Å². The molecule has 2 aromatic carbocycles. The molecule has 0 bridgehead atoms. The third-order valence-corrected chi connectivity index (χ3v) is 5.59. The van der Waals surface area contributed by atoms with Crippen LogP contribution in [0.5, 0.6) is 5.75 Å². The van der Waals surface area contributed by atoms with Crippen LogP contribution in [0.4, 0.5) is 10.2 Å². The normalized spacial score (nSPS) is 11.5. The summed E-state index contributed by atoms with van der Waals surface area (Å²) in [4.78, 5) is 12.5. The molecular formula is C19H14FN3O5S. The van der Waals surface area contributed by atoms with E-state index in [0.29, 0.717) is 16.7 Å². The number of nitrogens with zero attached hydrogens (tertiary/aromatic N) is 2. The lowest BCUT2D eigenvalue weighted by molar-refractivity contribution is 0.411. The SMILES string of the molecule is COc1ccc(F)cc1-n1c(=O)ccc2cc(S(=O)(=O)Nc3ccon3)ccc21. The highest BCUT2D eigenvalue weighted by Crippen LogP contribution is 2.27. The molecule has 0 amide bonds. The van der Waals surface area contributed by atoms with E-state index < -0.39 is 21.4 Å². The minimum atomic E-state index is -3.93. The average Bonchev–Trinajstić information content (AvgIpc) is 3.20. The van der Waals surface area contributed by atoms with Crippen LogP contribution < -0.4 is 15.0 Å². The predicted octanol–water partition coefficient (Wildman–Crippen LogP) is 2.93. The molecule has 2 aromatic heterocycles. The predicted molar refractivity (Wildman–Crippen MR) is 103 cm³/mol. The van der Waals surface area contributed by atoms with Gasteiger partial charge in [-0.1, -0.05) is 5.16 Å². The number of fused-ring (bicyclic) bond motifs is 1. The van der Waals surface area contributed by atoms with Gasteiger partial charge >= 0.3 is 0 Å². The first-order valence-electron chi connectivity index (χ1n) is 8.32. The Balaban J connectivity index is 1.88. The maximum atomic E-state index is 13.8. The Labute approximate surface area is 164 Å². The van der Waals surface area contributed by atoms with Gasteiger partial charge in [-0.3, -0.25) is 14.1 Å². The first-order chi connectivity index (χ1) is 13.9. The van der Waals surface area contributed by atoms with Gasteiger partial charge in [-0.2, -0.15) is 0 Å². The van der Waals surface area contributed by atoms with Gasteiger partial charge in [0.05, 0.1) is 23.2 Å². The van der Waals surface area contributed by atoms with E-state index in [4.69, 9.17) is 4.74 Å². The minimum absolute atomic E-state index is 0.0376. The number of sulfonamides is 1. The Kier molecular flexibility index (Phi) is 4.55. The third kappa shape index (κ3) is 3.45. The third-order valence-electron chi connectivity index (χ3n) is 4.23. The topological polar surface area (TPSA) is 103 Å². The monoisotopic (exact) mass is 415 g/mol. The van der Waals surface area contributed by atoms with Crippen LogP contribution in [-0.4, -0.2) is 25.3 Å². The van der Waals surface area contributed by atoms with Crippen molar-refractivity contribution < 1.29 is 22.1 Å². The molecule has 0 aliphatic rings. The number of anilines is 1.